The number of hydrogen-bond donors (Lipinski definition) is 1. The fraction of sp³-hybridized carbons (Fsp3) is 0.632. The summed E-state index contributed by atoms with van der Waals surface area (Å²) in [4.78, 5) is 13.0. The van der Waals surface area contributed by atoms with E-state index in [0.717, 1.165) is 4.90 Å². The first-order chi connectivity index (χ1) is 12.7. The molecule has 0 saturated carbocycles. The highest BCUT2D eigenvalue weighted by Gasteiger charge is 2.30. The predicted molar refractivity (Wildman–Crippen MR) is 110 cm³/mol. The van der Waals surface area contributed by atoms with Gasteiger partial charge in [0.15, 0.2) is 0 Å². The van der Waals surface area contributed by atoms with Gasteiger partial charge < -0.3 is 10.1 Å². The van der Waals surface area contributed by atoms with E-state index in [9.17, 15) is 13.2 Å². The van der Waals surface area contributed by atoms with Crippen LogP contribution in [-0.2, 0) is 19.6 Å². The van der Waals surface area contributed by atoms with Crippen molar-refractivity contribution in [1.29, 1.82) is 0 Å². The number of benzene rings is 1. The van der Waals surface area contributed by atoms with Crippen LogP contribution in [0.1, 0.15) is 39.2 Å². The fourth-order valence-corrected chi connectivity index (χ4v) is 5.18. The lowest BCUT2D eigenvalue weighted by molar-refractivity contribution is -0.118. The number of rotatable bonds is 8. The minimum atomic E-state index is -3.39. The van der Waals surface area contributed by atoms with Crippen LogP contribution in [0, 0.1) is 0 Å². The van der Waals surface area contributed by atoms with Crippen molar-refractivity contribution in [2.45, 2.75) is 50.7 Å². The summed E-state index contributed by atoms with van der Waals surface area (Å²) in [6, 6.07) is 8.17. The van der Waals surface area contributed by atoms with Crippen LogP contribution in [-0.4, -0.2) is 62.0 Å². The molecule has 152 valence electrons. The molecule has 1 aromatic carbocycles. The average molecular weight is 415 g/mol. The molecule has 1 amide bonds. The van der Waals surface area contributed by atoms with Gasteiger partial charge in [-0.1, -0.05) is 26.0 Å². The van der Waals surface area contributed by atoms with E-state index < -0.39 is 10.0 Å². The van der Waals surface area contributed by atoms with Crippen molar-refractivity contribution in [3.63, 3.8) is 0 Å². The molecule has 1 heterocycles. The van der Waals surface area contributed by atoms with Gasteiger partial charge in [0.2, 0.25) is 15.9 Å². The molecule has 0 aromatic heterocycles. The second-order valence-corrected chi connectivity index (χ2v) is 10.4. The molecule has 8 heteroatoms. The summed E-state index contributed by atoms with van der Waals surface area (Å²) in [5.74, 6) is 0.497. The summed E-state index contributed by atoms with van der Waals surface area (Å²) in [6.07, 6.45) is -0.229. The second kappa shape index (κ2) is 9.91. The van der Waals surface area contributed by atoms with Crippen molar-refractivity contribution < 1.29 is 17.9 Å². The van der Waals surface area contributed by atoms with E-state index in [1.54, 1.807) is 0 Å². The van der Waals surface area contributed by atoms with Gasteiger partial charge in [-0.05, 0) is 37.5 Å². The normalized spacial score (nSPS) is 21.4. The zero-order chi connectivity index (χ0) is 20.0. The molecule has 1 N–H and O–H groups in total. The van der Waals surface area contributed by atoms with Crippen molar-refractivity contribution in [3.8, 4) is 0 Å². The number of carbonyl (C=O) groups excluding carboxylic acids is 1. The Hall–Kier alpha value is -1.09. The van der Waals surface area contributed by atoms with Crippen molar-refractivity contribution in [2.75, 3.05) is 31.1 Å². The van der Waals surface area contributed by atoms with E-state index in [2.05, 4.69) is 31.3 Å². The van der Waals surface area contributed by atoms with Gasteiger partial charge >= 0.3 is 0 Å². The van der Waals surface area contributed by atoms with Crippen LogP contribution >= 0.6 is 11.8 Å². The largest absolute Gasteiger partial charge is 0.373 e. The Labute approximate surface area is 167 Å². The summed E-state index contributed by atoms with van der Waals surface area (Å²) in [6.45, 7) is 8.86. The molecule has 0 bridgehead atoms. The van der Waals surface area contributed by atoms with Crippen molar-refractivity contribution in [2.24, 2.45) is 0 Å². The molecule has 0 aliphatic carbocycles. The van der Waals surface area contributed by atoms with Crippen LogP contribution in [0.3, 0.4) is 0 Å². The van der Waals surface area contributed by atoms with Gasteiger partial charge in [-0.15, -0.1) is 11.8 Å². The minimum absolute atomic E-state index is 0.0913. The number of thioether (sulfide) groups is 1. The third-order valence-corrected chi connectivity index (χ3v) is 7.20. The van der Waals surface area contributed by atoms with Gasteiger partial charge in [0, 0.05) is 24.5 Å². The van der Waals surface area contributed by atoms with E-state index in [-0.39, 0.29) is 36.2 Å². The molecule has 1 fully saturated rings. The first-order valence-electron chi connectivity index (χ1n) is 9.30. The van der Waals surface area contributed by atoms with Crippen molar-refractivity contribution >= 4 is 27.7 Å². The topological polar surface area (TPSA) is 75.7 Å². The van der Waals surface area contributed by atoms with Crippen molar-refractivity contribution in [3.05, 3.63) is 29.8 Å². The summed E-state index contributed by atoms with van der Waals surface area (Å²) in [5, 5.41) is 2.70. The van der Waals surface area contributed by atoms with E-state index in [4.69, 9.17) is 4.74 Å². The van der Waals surface area contributed by atoms with Gasteiger partial charge in [0.1, 0.15) is 0 Å². The zero-order valence-corrected chi connectivity index (χ0v) is 18.1. The van der Waals surface area contributed by atoms with Crippen LogP contribution in [0.25, 0.3) is 0 Å². The molecule has 1 aliphatic rings. The lowest BCUT2D eigenvalue weighted by Crippen LogP contribution is -2.49. The van der Waals surface area contributed by atoms with Gasteiger partial charge in [0.05, 0.1) is 23.7 Å². The zero-order valence-electron chi connectivity index (χ0n) is 16.5. The Morgan fingerprint density at radius 2 is 1.81 bits per heavy atom. The van der Waals surface area contributed by atoms with E-state index in [1.807, 2.05) is 26.0 Å². The maximum absolute atomic E-state index is 12.4. The summed E-state index contributed by atoms with van der Waals surface area (Å²) in [5.41, 5.74) is 1.26. The van der Waals surface area contributed by atoms with Gasteiger partial charge in [-0.2, -0.15) is 4.31 Å². The molecule has 1 saturated heterocycles. The molecule has 0 spiro atoms. The van der Waals surface area contributed by atoms with Crippen LogP contribution in [0.4, 0.5) is 0 Å². The lowest BCUT2D eigenvalue weighted by atomic mass is 10.0. The van der Waals surface area contributed by atoms with Crippen molar-refractivity contribution in [1.82, 2.24) is 9.62 Å². The quantitative estimate of drug-likeness (QED) is 0.662. The van der Waals surface area contributed by atoms with E-state index in [0.29, 0.717) is 19.0 Å². The SMILES string of the molecule is CC1CN(S(=O)(=O)CCNC(=O)CSc2ccc(C(C)C)cc2)CC(C)O1. The molecular weight excluding hydrogens is 384 g/mol. The van der Waals surface area contributed by atoms with Crippen LogP contribution in [0.2, 0.25) is 0 Å². The fourth-order valence-electron chi connectivity index (χ4n) is 2.96. The van der Waals surface area contributed by atoms with Gasteiger partial charge in [0.25, 0.3) is 0 Å². The molecular formula is C19H30N2O4S2. The van der Waals surface area contributed by atoms with Crippen LogP contribution < -0.4 is 5.32 Å². The monoisotopic (exact) mass is 414 g/mol. The third-order valence-electron chi connectivity index (χ3n) is 4.38. The molecule has 2 rings (SSSR count). The second-order valence-electron chi connectivity index (χ2n) is 7.25. The Bertz CT molecular complexity index is 710. The number of sulfonamides is 1. The van der Waals surface area contributed by atoms with E-state index >= 15 is 0 Å². The number of amides is 1. The maximum atomic E-state index is 12.4. The third kappa shape index (κ3) is 7.10. The summed E-state index contributed by atoms with van der Waals surface area (Å²) in [7, 11) is -3.39. The molecule has 2 atom stereocenters. The average Bonchev–Trinajstić information content (AvgIpc) is 2.59. The highest BCUT2D eigenvalue weighted by molar-refractivity contribution is 8.00. The lowest BCUT2D eigenvalue weighted by Gasteiger charge is -2.34. The Balaban J connectivity index is 1.73. The smallest absolute Gasteiger partial charge is 0.230 e. The van der Waals surface area contributed by atoms with Crippen LogP contribution in [0.5, 0.6) is 0 Å². The Kier molecular flexibility index (Phi) is 8.15. The first-order valence-corrected chi connectivity index (χ1v) is 11.9. The summed E-state index contributed by atoms with van der Waals surface area (Å²) < 4.78 is 31.9. The predicted octanol–water partition coefficient (Wildman–Crippen LogP) is 2.46. The Morgan fingerprint density at radius 3 is 2.37 bits per heavy atom. The number of morpholine rings is 1. The molecule has 1 aliphatic heterocycles. The number of nitrogens with one attached hydrogen (secondary N) is 1. The molecule has 6 nitrogen and oxygen atoms in total. The highest BCUT2D eigenvalue weighted by Crippen LogP contribution is 2.21. The number of nitrogens with zero attached hydrogens (tertiary/aromatic N) is 1. The molecule has 1 aromatic rings. The standard InChI is InChI=1S/C19H30N2O4S2/c1-14(2)17-5-7-18(8-6-17)26-13-19(22)20-9-10-27(23,24)21-11-15(3)25-16(4)12-21/h5-8,14-16H,9-13H2,1-4H3,(H,20,22). The molecule has 0 radical (unpaired) electrons. The number of hydrogen-bond acceptors (Lipinski definition) is 5. The maximum Gasteiger partial charge on any atom is 0.230 e. The first kappa shape index (κ1) is 22.2. The number of ether oxygens (including phenoxy) is 1. The van der Waals surface area contributed by atoms with Gasteiger partial charge in [-0.25, -0.2) is 8.42 Å². The molecule has 2 unspecified atom stereocenters. The van der Waals surface area contributed by atoms with E-state index in [1.165, 1.54) is 21.6 Å². The van der Waals surface area contributed by atoms with Crippen LogP contribution in [0.15, 0.2) is 29.2 Å². The number of carbonyl (C=O) groups is 1. The van der Waals surface area contributed by atoms with Gasteiger partial charge in [-0.3, -0.25) is 4.79 Å². The minimum Gasteiger partial charge on any atom is -0.373 e. The summed E-state index contributed by atoms with van der Waals surface area (Å²) >= 11 is 1.45. The highest BCUT2D eigenvalue weighted by atomic mass is 32.2. The molecule has 27 heavy (non-hydrogen) atoms. The Morgan fingerprint density at radius 1 is 1.22 bits per heavy atom.